The van der Waals surface area contributed by atoms with Crippen LogP contribution in [0.3, 0.4) is 0 Å². The predicted octanol–water partition coefficient (Wildman–Crippen LogP) is 2.06. The first-order valence-corrected chi connectivity index (χ1v) is 4.86. The molecule has 0 aromatic heterocycles. The second kappa shape index (κ2) is 4.27. The van der Waals surface area contributed by atoms with E-state index in [0.717, 1.165) is 5.57 Å². The minimum atomic E-state index is -0.192. The Morgan fingerprint density at radius 3 is 2.64 bits per heavy atom. The molecule has 2 heteroatoms. The van der Waals surface area contributed by atoms with Crippen molar-refractivity contribution in [2.75, 3.05) is 7.05 Å². The molecule has 2 nitrogen and oxygen atoms in total. The normalized spacial score (nSPS) is 21.0. The lowest BCUT2D eigenvalue weighted by molar-refractivity contribution is -0.122. The molecule has 0 aliphatic heterocycles. The number of carbonyl (C=O) groups excluding carboxylic acids is 1. The maximum absolute atomic E-state index is 11.4. The summed E-state index contributed by atoms with van der Waals surface area (Å²) in [6.45, 7) is 8.17. The van der Waals surface area contributed by atoms with Gasteiger partial charge in [0.05, 0.1) is 5.92 Å². The molecular weight excluding hydrogens is 174 g/mol. The molecule has 1 N–H and O–H groups in total. The molecule has 0 saturated heterocycles. The number of hydrogen-bond acceptors (Lipinski definition) is 1. The maximum atomic E-state index is 11.4. The van der Waals surface area contributed by atoms with Gasteiger partial charge in [-0.3, -0.25) is 4.79 Å². The quantitative estimate of drug-likeness (QED) is 0.711. The molecule has 1 atom stereocenters. The van der Waals surface area contributed by atoms with Crippen LogP contribution in [0.25, 0.3) is 0 Å². The summed E-state index contributed by atoms with van der Waals surface area (Å²) in [5.41, 5.74) is 2.10. The largest absolute Gasteiger partial charge is 0.358 e. The van der Waals surface area contributed by atoms with Gasteiger partial charge in [0.2, 0.25) is 5.91 Å². The molecule has 0 saturated carbocycles. The highest BCUT2D eigenvalue weighted by Crippen LogP contribution is 2.24. The van der Waals surface area contributed by atoms with E-state index in [-0.39, 0.29) is 11.8 Å². The average Bonchev–Trinajstić information content (AvgIpc) is 2.16. The fraction of sp³-hybridized carbons (Fsp3) is 0.417. The third-order valence-electron chi connectivity index (χ3n) is 2.43. The standard InChI is InChI=1S/C12H17NO/c1-8(2)10-5-6-11(9(3)7-10)12(14)13-4/h5-8,11H,3H2,1-2,4H3,(H,13,14). The first-order valence-electron chi connectivity index (χ1n) is 4.86. The van der Waals surface area contributed by atoms with Gasteiger partial charge < -0.3 is 5.32 Å². The van der Waals surface area contributed by atoms with Crippen LogP contribution in [0.1, 0.15) is 13.8 Å². The Labute approximate surface area is 85.4 Å². The summed E-state index contributed by atoms with van der Waals surface area (Å²) in [6, 6.07) is 0. The van der Waals surface area contributed by atoms with Gasteiger partial charge in [0.15, 0.2) is 0 Å². The van der Waals surface area contributed by atoms with Crippen molar-refractivity contribution in [2.24, 2.45) is 11.8 Å². The van der Waals surface area contributed by atoms with Crippen LogP contribution in [0.15, 0.2) is 36.0 Å². The van der Waals surface area contributed by atoms with Crippen LogP contribution in [-0.2, 0) is 4.79 Å². The number of amides is 1. The minimum Gasteiger partial charge on any atom is -0.358 e. The van der Waals surface area contributed by atoms with Crippen LogP contribution in [0.4, 0.5) is 0 Å². The number of rotatable bonds is 2. The fourth-order valence-electron chi connectivity index (χ4n) is 1.45. The van der Waals surface area contributed by atoms with Crippen molar-refractivity contribution in [3.8, 4) is 0 Å². The molecule has 1 rings (SSSR count). The molecule has 76 valence electrons. The van der Waals surface area contributed by atoms with E-state index in [1.807, 2.05) is 18.2 Å². The van der Waals surface area contributed by atoms with Crippen LogP contribution >= 0.6 is 0 Å². The van der Waals surface area contributed by atoms with Gasteiger partial charge in [0, 0.05) is 7.05 Å². The monoisotopic (exact) mass is 191 g/mol. The zero-order valence-corrected chi connectivity index (χ0v) is 9.00. The van der Waals surface area contributed by atoms with Crippen molar-refractivity contribution in [2.45, 2.75) is 13.8 Å². The molecule has 0 spiro atoms. The van der Waals surface area contributed by atoms with E-state index < -0.39 is 0 Å². The second-order valence-electron chi connectivity index (χ2n) is 3.82. The number of allylic oxidation sites excluding steroid dienone is 3. The summed E-state index contributed by atoms with van der Waals surface area (Å²) in [5, 5.41) is 2.63. The van der Waals surface area contributed by atoms with Gasteiger partial charge in [-0.1, -0.05) is 38.7 Å². The van der Waals surface area contributed by atoms with Gasteiger partial charge in [-0.25, -0.2) is 0 Å². The van der Waals surface area contributed by atoms with E-state index in [0.29, 0.717) is 5.92 Å². The fourth-order valence-corrected chi connectivity index (χ4v) is 1.45. The van der Waals surface area contributed by atoms with Crippen LogP contribution in [0, 0.1) is 11.8 Å². The van der Waals surface area contributed by atoms with E-state index in [1.54, 1.807) is 7.05 Å². The van der Waals surface area contributed by atoms with Gasteiger partial charge in [-0.05, 0) is 17.1 Å². The zero-order valence-electron chi connectivity index (χ0n) is 9.00. The van der Waals surface area contributed by atoms with Crippen molar-refractivity contribution in [3.63, 3.8) is 0 Å². The molecular formula is C12H17NO. The Morgan fingerprint density at radius 1 is 1.57 bits per heavy atom. The second-order valence-corrected chi connectivity index (χ2v) is 3.82. The molecule has 0 aromatic carbocycles. The lowest BCUT2D eigenvalue weighted by Gasteiger charge is -2.19. The van der Waals surface area contributed by atoms with Crippen LogP contribution in [0.2, 0.25) is 0 Å². The number of hydrogen-bond donors (Lipinski definition) is 1. The molecule has 1 unspecified atom stereocenters. The highest BCUT2D eigenvalue weighted by Gasteiger charge is 2.19. The Balaban J connectivity index is 2.81. The average molecular weight is 191 g/mol. The number of nitrogens with one attached hydrogen (secondary N) is 1. The molecule has 14 heavy (non-hydrogen) atoms. The smallest absolute Gasteiger partial charge is 0.231 e. The summed E-state index contributed by atoms with van der Waals surface area (Å²) in [5.74, 6) is 0.293. The van der Waals surface area contributed by atoms with E-state index in [2.05, 4.69) is 25.7 Å². The first kappa shape index (κ1) is 10.8. The Bertz CT molecular complexity index is 310. The van der Waals surface area contributed by atoms with Crippen molar-refractivity contribution in [1.29, 1.82) is 0 Å². The van der Waals surface area contributed by atoms with Gasteiger partial charge in [-0.15, -0.1) is 0 Å². The lowest BCUT2D eigenvalue weighted by Crippen LogP contribution is -2.27. The number of carbonyl (C=O) groups is 1. The van der Waals surface area contributed by atoms with Gasteiger partial charge in [-0.2, -0.15) is 0 Å². The Morgan fingerprint density at radius 2 is 2.21 bits per heavy atom. The van der Waals surface area contributed by atoms with Crippen LogP contribution < -0.4 is 5.32 Å². The van der Waals surface area contributed by atoms with Gasteiger partial charge in [0.1, 0.15) is 0 Å². The SMILES string of the molecule is C=C1C=C(C(C)C)C=CC1C(=O)NC. The molecule has 0 bridgehead atoms. The molecule has 1 aliphatic carbocycles. The highest BCUT2D eigenvalue weighted by molar-refractivity contribution is 5.84. The van der Waals surface area contributed by atoms with Crippen molar-refractivity contribution >= 4 is 5.91 Å². The van der Waals surface area contributed by atoms with E-state index in [1.165, 1.54) is 5.57 Å². The lowest BCUT2D eigenvalue weighted by atomic mass is 9.88. The van der Waals surface area contributed by atoms with Crippen molar-refractivity contribution < 1.29 is 4.79 Å². The van der Waals surface area contributed by atoms with E-state index in [9.17, 15) is 4.79 Å². The molecule has 0 radical (unpaired) electrons. The summed E-state index contributed by atoms with van der Waals surface area (Å²) < 4.78 is 0. The summed E-state index contributed by atoms with van der Waals surface area (Å²) in [7, 11) is 1.64. The van der Waals surface area contributed by atoms with Gasteiger partial charge in [0.25, 0.3) is 0 Å². The van der Waals surface area contributed by atoms with Crippen LogP contribution in [-0.4, -0.2) is 13.0 Å². The Kier molecular flexibility index (Phi) is 3.28. The van der Waals surface area contributed by atoms with E-state index >= 15 is 0 Å². The van der Waals surface area contributed by atoms with E-state index in [4.69, 9.17) is 0 Å². The summed E-state index contributed by atoms with van der Waals surface area (Å²) in [4.78, 5) is 11.4. The van der Waals surface area contributed by atoms with Crippen molar-refractivity contribution in [3.05, 3.63) is 36.0 Å². The molecule has 0 aromatic rings. The first-order chi connectivity index (χ1) is 6.56. The maximum Gasteiger partial charge on any atom is 0.231 e. The minimum absolute atomic E-state index is 0.00491. The molecule has 0 fully saturated rings. The van der Waals surface area contributed by atoms with Crippen molar-refractivity contribution in [1.82, 2.24) is 5.32 Å². The molecule has 0 heterocycles. The predicted molar refractivity (Wildman–Crippen MR) is 58.8 cm³/mol. The summed E-state index contributed by atoms with van der Waals surface area (Å²) >= 11 is 0. The molecule has 1 aliphatic rings. The Hall–Kier alpha value is -1.31. The molecule has 1 amide bonds. The highest BCUT2D eigenvalue weighted by atomic mass is 16.1. The van der Waals surface area contributed by atoms with Gasteiger partial charge >= 0.3 is 0 Å². The topological polar surface area (TPSA) is 29.1 Å². The third-order valence-corrected chi connectivity index (χ3v) is 2.43. The summed E-state index contributed by atoms with van der Waals surface area (Å²) in [6.07, 6.45) is 5.93. The zero-order chi connectivity index (χ0) is 10.7. The van der Waals surface area contributed by atoms with Crippen LogP contribution in [0.5, 0.6) is 0 Å². The third kappa shape index (κ3) is 2.13.